The van der Waals surface area contributed by atoms with Crippen molar-refractivity contribution >= 4 is 11.9 Å². The van der Waals surface area contributed by atoms with Crippen LogP contribution in [0.5, 0.6) is 0 Å². The molecule has 0 aliphatic heterocycles. The van der Waals surface area contributed by atoms with Crippen LogP contribution in [0.25, 0.3) is 0 Å². The topological polar surface area (TPSA) is 72.8 Å². The van der Waals surface area contributed by atoms with Crippen molar-refractivity contribution < 1.29 is 24.2 Å². The number of carbonyl (C=O) groups excluding carboxylic acids is 2. The fourth-order valence-corrected chi connectivity index (χ4v) is 7.57. The maximum absolute atomic E-state index is 12.3. The molecular formula is C60H102O5. The van der Waals surface area contributed by atoms with Gasteiger partial charge in [0.2, 0.25) is 0 Å². The standard InChI is InChI=1S/C60H102O5/c1-3-5-7-9-11-13-15-17-19-21-23-24-25-26-27-28-29-30-31-32-33-34-35-36-37-39-41-43-45-47-49-51-53-55-60(63)65-58(56-61)57-64-59(62)54-52-50-48-46-44-42-40-38-22-20-18-16-14-12-10-8-6-4-2/h5,7,11,13,17,19,23-24,26-27,29-30,32-33,35-36,58,61H,3-4,6,8-10,12,14-16,18,20-22,25,28,31,34,37-57H2,1-2H3/b7-5-,13-11-,19-17-,24-23-,27-26-,30-29-,33-32-,36-35-. The number of unbranched alkanes of at least 4 members (excludes halogenated alkanes) is 25. The number of hydrogen-bond acceptors (Lipinski definition) is 5. The Balaban J connectivity index is 3.57. The van der Waals surface area contributed by atoms with Gasteiger partial charge in [-0.25, -0.2) is 0 Å². The Kier molecular flexibility index (Phi) is 52.5. The van der Waals surface area contributed by atoms with Crippen LogP contribution < -0.4 is 0 Å². The van der Waals surface area contributed by atoms with Crippen LogP contribution in [0.3, 0.4) is 0 Å². The van der Waals surface area contributed by atoms with Gasteiger partial charge in [-0.2, -0.15) is 0 Å². The molecular weight excluding hydrogens is 801 g/mol. The normalized spacial score (nSPS) is 13.0. The number of rotatable bonds is 49. The van der Waals surface area contributed by atoms with Gasteiger partial charge in [0.15, 0.2) is 6.10 Å². The highest BCUT2D eigenvalue weighted by Gasteiger charge is 2.16. The zero-order valence-electron chi connectivity index (χ0n) is 42.5. The van der Waals surface area contributed by atoms with E-state index in [4.69, 9.17) is 9.47 Å². The minimum absolute atomic E-state index is 0.0707. The molecule has 5 nitrogen and oxygen atoms in total. The van der Waals surface area contributed by atoms with Crippen molar-refractivity contribution in [3.05, 3.63) is 97.2 Å². The van der Waals surface area contributed by atoms with E-state index in [-0.39, 0.29) is 25.2 Å². The quantitative estimate of drug-likeness (QED) is 0.0374. The van der Waals surface area contributed by atoms with Gasteiger partial charge in [-0.05, 0) is 77.0 Å². The highest BCUT2D eigenvalue weighted by molar-refractivity contribution is 5.70. The summed E-state index contributed by atoms with van der Waals surface area (Å²) in [5, 5.41) is 9.64. The summed E-state index contributed by atoms with van der Waals surface area (Å²) >= 11 is 0. The van der Waals surface area contributed by atoms with Crippen LogP contribution in [0.15, 0.2) is 97.2 Å². The number of aliphatic hydroxyl groups is 1. The second kappa shape index (κ2) is 55.1. The molecule has 0 aromatic carbocycles. The Morgan fingerprint density at radius 1 is 0.369 bits per heavy atom. The minimum atomic E-state index is -0.780. The zero-order chi connectivity index (χ0) is 47.0. The summed E-state index contributed by atoms with van der Waals surface area (Å²) in [5.41, 5.74) is 0. The van der Waals surface area contributed by atoms with Gasteiger partial charge in [-0.1, -0.05) is 259 Å². The number of ether oxygens (including phenoxy) is 2. The number of aliphatic hydroxyl groups excluding tert-OH is 1. The molecule has 0 fully saturated rings. The number of allylic oxidation sites excluding steroid dienone is 16. The molecule has 372 valence electrons. The zero-order valence-corrected chi connectivity index (χ0v) is 42.5. The molecule has 0 bridgehead atoms. The summed E-state index contributed by atoms with van der Waals surface area (Å²) < 4.78 is 10.7. The molecule has 1 N–H and O–H groups in total. The number of carbonyl (C=O) groups is 2. The highest BCUT2D eigenvalue weighted by Crippen LogP contribution is 2.16. The summed E-state index contributed by atoms with van der Waals surface area (Å²) in [6, 6.07) is 0. The van der Waals surface area contributed by atoms with Crippen LogP contribution >= 0.6 is 0 Å². The fourth-order valence-electron chi connectivity index (χ4n) is 7.57. The van der Waals surface area contributed by atoms with Crippen molar-refractivity contribution in [2.24, 2.45) is 0 Å². The second-order valence-electron chi connectivity index (χ2n) is 17.9. The molecule has 1 unspecified atom stereocenters. The van der Waals surface area contributed by atoms with Crippen molar-refractivity contribution in [1.82, 2.24) is 0 Å². The lowest BCUT2D eigenvalue weighted by atomic mass is 10.0. The summed E-state index contributed by atoms with van der Waals surface area (Å²) in [4.78, 5) is 24.5. The Morgan fingerprint density at radius 3 is 1.00 bits per heavy atom. The maximum atomic E-state index is 12.3. The van der Waals surface area contributed by atoms with E-state index in [0.29, 0.717) is 12.8 Å². The predicted molar refractivity (Wildman–Crippen MR) is 283 cm³/mol. The monoisotopic (exact) mass is 903 g/mol. The molecule has 0 heterocycles. The molecule has 0 saturated carbocycles. The molecule has 0 aliphatic rings. The van der Waals surface area contributed by atoms with E-state index in [0.717, 1.165) is 96.3 Å². The average Bonchev–Trinajstić information content (AvgIpc) is 3.31. The van der Waals surface area contributed by atoms with E-state index >= 15 is 0 Å². The Bertz CT molecular complexity index is 1250. The predicted octanol–water partition coefficient (Wildman–Crippen LogP) is 18.4. The number of esters is 2. The largest absolute Gasteiger partial charge is 0.462 e. The molecule has 0 aromatic rings. The SMILES string of the molecule is CC/C=C\C/C=C\C/C=C\C/C=C\C/C=C\C/C=C\C/C=C\C/C=C\CCCCCCCCCCC(=O)OC(CO)COC(=O)CCCCCCCCCCCCCCCCCCCC. The lowest BCUT2D eigenvalue weighted by molar-refractivity contribution is -0.161. The first-order valence-electron chi connectivity index (χ1n) is 27.3. The molecule has 5 heteroatoms. The smallest absolute Gasteiger partial charge is 0.306 e. The van der Waals surface area contributed by atoms with Gasteiger partial charge in [0.05, 0.1) is 6.61 Å². The third-order valence-corrected chi connectivity index (χ3v) is 11.6. The van der Waals surface area contributed by atoms with Gasteiger partial charge in [-0.15, -0.1) is 0 Å². The lowest BCUT2D eigenvalue weighted by Crippen LogP contribution is -2.28. The average molecular weight is 903 g/mol. The van der Waals surface area contributed by atoms with Crippen molar-refractivity contribution in [3.8, 4) is 0 Å². The van der Waals surface area contributed by atoms with Crippen molar-refractivity contribution in [2.45, 2.75) is 258 Å². The third kappa shape index (κ3) is 53.3. The minimum Gasteiger partial charge on any atom is -0.462 e. The van der Waals surface area contributed by atoms with E-state index in [9.17, 15) is 14.7 Å². The summed E-state index contributed by atoms with van der Waals surface area (Å²) in [6.45, 7) is 4.04. The first-order chi connectivity index (χ1) is 32.1. The van der Waals surface area contributed by atoms with E-state index in [1.54, 1.807) is 0 Å². The van der Waals surface area contributed by atoms with Gasteiger partial charge in [0.25, 0.3) is 0 Å². The van der Waals surface area contributed by atoms with Crippen LogP contribution in [0, 0.1) is 0 Å². The van der Waals surface area contributed by atoms with Crippen LogP contribution in [-0.2, 0) is 19.1 Å². The Morgan fingerprint density at radius 2 is 0.662 bits per heavy atom. The van der Waals surface area contributed by atoms with Crippen LogP contribution in [0.4, 0.5) is 0 Å². The van der Waals surface area contributed by atoms with E-state index in [1.165, 1.54) is 128 Å². The Hall–Kier alpha value is -3.18. The van der Waals surface area contributed by atoms with Crippen molar-refractivity contribution in [3.63, 3.8) is 0 Å². The van der Waals surface area contributed by atoms with Crippen LogP contribution in [0.1, 0.15) is 251 Å². The van der Waals surface area contributed by atoms with Crippen LogP contribution in [-0.4, -0.2) is 36.4 Å². The molecule has 65 heavy (non-hydrogen) atoms. The van der Waals surface area contributed by atoms with Gasteiger partial charge in [0, 0.05) is 12.8 Å². The lowest BCUT2D eigenvalue weighted by Gasteiger charge is -2.15. The Labute approximate surface area is 402 Å². The van der Waals surface area contributed by atoms with Crippen molar-refractivity contribution in [1.29, 1.82) is 0 Å². The molecule has 0 aromatic heterocycles. The summed E-state index contributed by atoms with van der Waals surface area (Å²) in [6.07, 6.45) is 77.9. The molecule has 0 saturated heterocycles. The van der Waals surface area contributed by atoms with Gasteiger partial charge < -0.3 is 14.6 Å². The molecule has 1 atom stereocenters. The third-order valence-electron chi connectivity index (χ3n) is 11.6. The van der Waals surface area contributed by atoms with Crippen LogP contribution in [0.2, 0.25) is 0 Å². The second-order valence-corrected chi connectivity index (χ2v) is 17.9. The van der Waals surface area contributed by atoms with E-state index < -0.39 is 6.10 Å². The fraction of sp³-hybridized carbons (Fsp3) is 0.700. The van der Waals surface area contributed by atoms with E-state index in [2.05, 4.69) is 111 Å². The highest BCUT2D eigenvalue weighted by atomic mass is 16.6. The van der Waals surface area contributed by atoms with E-state index in [1.807, 2.05) is 0 Å². The van der Waals surface area contributed by atoms with Gasteiger partial charge in [0.1, 0.15) is 6.61 Å². The molecule has 0 rings (SSSR count). The van der Waals surface area contributed by atoms with Gasteiger partial charge in [-0.3, -0.25) is 9.59 Å². The maximum Gasteiger partial charge on any atom is 0.306 e. The van der Waals surface area contributed by atoms with Gasteiger partial charge >= 0.3 is 11.9 Å². The van der Waals surface area contributed by atoms with Crippen molar-refractivity contribution in [2.75, 3.05) is 13.2 Å². The first-order valence-corrected chi connectivity index (χ1v) is 27.3. The molecule has 0 spiro atoms. The number of hydrogen-bond donors (Lipinski definition) is 1. The first kappa shape index (κ1) is 61.8. The summed E-state index contributed by atoms with van der Waals surface area (Å²) in [7, 11) is 0. The summed E-state index contributed by atoms with van der Waals surface area (Å²) in [5.74, 6) is -0.596. The molecule has 0 radical (unpaired) electrons. The molecule has 0 aliphatic carbocycles. The molecule has 0 amide bonds.